The zero-order chi connectivity index (χ0) is 10.6. The molecule has 76 valence electrons. The van der Waals surface area contributed by atoms with Crippen LogP contribution >= 0.6 is 0 Å². The molecule has 0 rings (SSSR count). The molecule has 0 fully saturated rings. The normalized spacial score (nSPS) is 14.5. The van der Waals surface area contributed by atoms with Crippen molar-refractivity contribution >= 4 is 10.0 Å². The van der Waals surface area contributed by atoms with Crippen LogP contribution in [0.5, 0.6) is 0 Å². The molecule has 0 saturated carbocycles. The van der Waals surface area contributed by atoms with Crippen molar-refractivity contribution in [2.75, 3.05) is 12.8 Å². The van der Waals surface area contributed by atoms with Crippen molar-refractivity contribution in [1.29, 1.82) is 5.26 Å². The molecule has 13 heavy (non-hydrogen) atoms. The molecule has 0 N–H and O–H groups in total. The Labute approximate surface area is 80.2 Å². The zero-order valence-corrected chi connectivity index (χ0v) is 9.30. The van der Waals surface area contributed by atoms with Crippen LogP contribution in [-0.2, 0) is 10.0 Å². The van der Waals surface area contributed by atoms with Crippen LogP contribution in [0.3, 0.4) is 0 Å². The molecule has 0 bridgehead atoms. The van der Waals surface area contributed by atoms with Crippen LogP contribution in [0.4, 0.5) is 0 Å². The van der Waals surface area contributed by atoms with E-state index in [1.165, 1.54) is 7.05 Å². The second-order valence-corrected chi connectivity index (χ2v) is 5.57. The molecule has 0 saturated heterocycles. The van der Waals surface area contributed by atoms with Gasteiger partial charge < -0.3 is 0 Å². The van der Waals surface area contributed by atoms with E-state index >= 15 is 0 Å². The molecular weight excluding hydrogens is 188 g/mol. The summed E-state index contributed by atoms with van der Waals surface area (Å²) in [6.45, 7) is 5.24. The summed E-state index contributed by atoms with van der Waals surface area (Å²) in [6.07, 6.45) is 0. The predicted molar refractivity (Wildman–Crippen MR) is 51.5 cm³/mol. The number of nitriles is 1. The Hall–Kier alpha value is -0.600. The van der Waals surface area contributed by atoms with Gasteiger partial charge in [-0.05, 0) is 12.8 Å². The lowest BCUT2D eigenvalue weighted by atomic mass is 10.3. The Morgan fingerprint density at radius 1 is 1.38 bits per heavy atom. The van der Waals surface area contributed by atoms with Crippen molar-refractivity contribution in [1.82, 2.24) is 4.31 Å². The fraction of sp³-hybridized carbons (Fsp3) is 0.875. The monoisotopic (exact) mass is 204 g/mol. The van der Waals surface area contributed by atoms with Gasteiger partial charge in [0.15, 0.2) is 0 Å². The van der Waals surface area contributed by atoms with E-state index in [0.717, 1.165) is 4.31 Å². The molecule has 0 aromatic rings. The highest BCUT2D eigenvalue weighted by Crippen LogP contribution is 2.07. The average molecular weight is 204 g/mol. The van der Waals surface area contributed by atoms with Crippen LogP contribution in [0.2, 0.25) is 0 Å². The first-order valence-electron chi connectivity index (χ1n) is 4.16. The molecule has 0 aliphatic carbocycles. The molecule has 0 amide bonds. The molecule has 0 heterocycles. The Morgan fingerprint density at radius 2 is 1.85 bits per heavy atom. The van der Waals surface area contributed by atoms with Crippen molar-refractivity contribution in [2.24, 2.45) is 5.92 Å². The molecule has 0 aromatic heterocycles. The maximum atomic E-state index is 11.5. The van der Waals surface area contributed by atoms with Crippen LogP contribution in [0.15, 0.2) is 0 Å². The summed E-state index contributed by atoms with van der Waals surface area (Å²) in [4.78, 5) is 0. The highest BCUT2D eigenvalue weighted by molar-refractivity contribution is 7.89. The second-order valence-electron chi connectivity index (χ2n) is 3.49. The summed E-state index contributed by atoms with van der Waals surface area (Å²) in [5.74, 6) is 0.175. The first-order valence-corrected chi connectivity index (χ1v) is 5.77. The molecule has 0 radical (unpaired) electrons. The fourth-order valence-corrected chi connectivity index (χ4v) is 2.47. The number of nitrogens with zero attached hydrogens (tertiary/aromatic N) is 2. The Kier molecular flexibility index (Phi) is 4.37. The van der Waals surface area contributed by atoms with Crippen molar-refractivity contribution in [3.8, 4) is 6.07 Å². The SMILES string of the molecule is CC(C)CS(=O)(=O)N(C)C(C)C#N. The summed E-state index contributed by atoms with van der Waals surface area (Å²) in [6, 6.07) is 1.30. The predicted octanol–water partition coefficient (Wildman–Crippen LogP) is 0.816. The Balaban J connectivity index is 4.58. The van der Waals surface area contributed by atoms with Crippen molar-refractivity contribution in [3.63, 3.8) is 0 Å². The number of hydrogen-bond acceptors (Lipinski definition) is 3. The third-order valence-corrected chi connectivity index (χ3v) is 4.00. The van der Waals surface area contributed by atoms with E-state index in [1.54, 1.807) is 6.92 Å². The summed E-state index contributed by atoms with van der Waals surface area (Å²) in [7, 11) is -1.82. The number of sulfonamides is 1. The van der Waals surface area contributed by atoms with Crippen molar-refractivity contribution in [3.05, 3.63) is 0 Å². The van der Waals surface area contributed by atoms with E-state index in [-0.39, 0.29) is 11.7 Å². The largest absolute Gasteiger partial charge is 0.215 e. The highest BCUT2D eigenvalue weighted by Gasteiger charge is 2.23. The summed E-state index contributed by atoms with van der Waals surface area (Å²) >= 11 is 0. The average Bonchev–Trinajstić information content (AvgIpc) is 1.99. The lowest BCUT2D eigenvalue weighted by Gasteiger charge is -2.19. The van der Waals surface area contributed by atoms with Gasteiger partial charge in [-0.1, -0.05) is 13.8 Å². The number of rotatable bonds is 4. The molecular formula is C8H16N2O2S. The van der Waals surface area contributed by atoms with Gasteiger partial charge in [-0.2, -0.15) is 9.57 Å². The molecule has 1 atom stereocenters. The van der Waals surface area contributed by atoms with Gasteiger partial charge in [0.1, 0.15) is 6.04 Å². The molecule has 0 aromatic carbocycles. The van der Waals surface area contributed by atoms with Gasteiger partial charge in [-0.15, -0.1) is 0 Å². The van der Waals surface area contributed by atoms with Gasteiger partial charge in [-0.3, -0.25) is 0 Å². The molecule has 4 nitrogen and oxygen atoms in total. The zero-order valence-electron chi connectivity index (χ0n) is 8.48. The topological polar surface area (TPSA) is 61.2 Å². The fourth-order valence-electron chi connectivity index (χ4n) is 0.861. The maximum Gasteiger partial charge on any atom is 0.215 e. The first-order chi connectivity index (χ1) is 5.81. The summed E-state index contributed by atoms with van der Waals surface area (Å²) < 4.78 is 24.2. The quantitative estimate of drug-likeness (QED) is 0.681. The van der Waals surface area contributed by atoms with Crippen LogP contribution in [0.25, 0.3) is 0 Å². The smallest absolute Gasteiger partial charge is 0.212 e. The third kappa shape index (κ3) is 3.75. The number of hydrogen-bond donors (Lipinski definition) is 0. The van der Waals surface area contributed by atoms with Crippen LogP contribution in [-0.4, -0.2) is 31.6 Å². The van der Waals surface area contributed by atoms with E-state index in [0.29, 0.717) is 0 Å². The Morgan fingerprint density at radius 3 is 2.15 bits per heavy atom. The van der Waals surface area contributed by atoms with Crippen LogP contribution in [0.1, 0.15) is 20.8 Å². The minimum absolute atomic E-state index is 0.0818. The van der Waals surface area contributed by atoms with Gasteiger partial charge in [0.2, 0.25) is 10.0 Å². The standard InChI is InChI=1S/C8H16N2O2S/c1-7(2)6-13(11,12)10(4)8(3)5-9/h7-8H,6H2,1-4H3. The van der Waals surface area contributed by atoms with E-state index in [1.807, 2.05) is 19.9 Å². The second kappa shape index (κ2) is 4.58. The summed E-state index contributed by atoms with van der Waals surface area (Å²) in [5.41, 5.74) is 0. The highest BCUT2D eigenvalue weighted by atomic mass is 32.2. The third-order valence-electron chi connectivity index (χ3n) is 1.71. The van der Waals surface area contributed by atoms with Gasteiger partial charge in [0.25, 0.3) is 0 Å². The minimum Gasteiger partial charge on any atom is -0.212 e. The molecule has 0 aliphatic heterocycles. The summed E-state index contributed by atoms with van der Waals surface area (Å²) in [5, 5.41) is 8.55. The van der Waals surface area contributed by atoms with Gasteiger partial charge in [-0.25, -0.2) is 8.42 Å². The van der Waals surface area contributed by atoms with Crippen molar-refractivity contribution < 1.29 is 8.42 Å². The minimum atomic E-state index is -3.26. The van der Waals surface area contributed by atoms with Gasteiger partial charge in [0.05, 0.1) is 11.8 Å². The van der Waals surface area contributed by atoms with Crippen LogP contribution < -0.4 is 0 Å². The van der Waals surface area contributed by atoms with E-state index in [9.17, 15) is 8.42 Å². The van der Waals surface area contributed by atoms with E-state index < -0.39 is 16.1 Å². The molecule has 0 aliphatic rings. The maximum absolute atomic E-state index is 11.5. The molecule has 5 heteroatoms. The lowest BCUT2D eigenvalue weighted by Crippen LogP contribution is -2.36. The van der Waals surface area contributed by atoms with Crippen molar-refractivity contribution in [2.45, 2.75) is 26.8 Å². The first kappa shape index (κ1) is 12.4. The van der Waals surface area contributed by atoms with E-state index in [4.69, 9.17) is 5.26 Å². The van der Waals surface area contributed by atoms with E-state index in [2.05, 4.69) is 0 Å². The van der Waals surface area contributed by atoms with Gasteiger partial charge in [0, 0.05) is 7.05 Å². The Bertz CT molecular complexity index is 290. The molecule has 0 spiro atoms. The van der Waals surface area contributed by atoms with Gasteiger partial charge >= 0.3 is 0 Å². The molecule has 1 unspecified atom stereocenters. The lowest BCUT2D eigenvalue weighted by molar-refractivity contribution is 0.436. The van der Waals surface area contributed by atoms with Crippen LogP contribution in [0, 0.1) is 17.2 Å².